The molecule has 29 heavy (non-hydrogen) atoms. The van der Waals surface area contributed by atoms with Gasteiger partial charge >= 0.3 is 0 Å². The maximum Gasteiger partial charge on any atom is 0.263 e. The molecule has 0 spiro atoms. The minimum Gasteiger partial charge on any atom is -0.355 e. The summed E-state index contributed by atoms with van der Waals surface area (Å²) in [6.45, 7) is 3.29. The summed E-state index contributed by atoms with van der Waals surface area (Å²) in [5.41, 5.74) is 2.47. The lowest BCUT2D eigenvalue weighted by molar-refractivity contribution is -0.118. The number of aromatic nitrogens is 2. The van der Waals surface area contributed by atoms with Crippen molar-refractivity contribution in [3.63, 3.8) is 0 Å². The van der Waals surface area contributed by atoms with Gasteiger partial charge < -0.3 is 5.32 Å². The Balaban J connectivity index is 1.45. The van der Waals surface area contributed by atoms with Gasteiger partial charge in [-0.1, -0.05) is 49.0 Å². The zero-order valence-electron chi connectivity index (χ0n) is 16.6. The molecule has 1 N–H and O–H groups in total. The summed E-state index contributed by atoms with van der Waals surface area (Å²) in [5.74, 6) is 0.235. The lowest BCUT2D eigenvalue weighted by atomic mass is 10.1. The van der Waals surface area contributed by atoms with Crippen molar-refractivity contribution in [2.24, 2.45) is 0 Å². The summed E-state index contributed by atoms with van der Waals surface area (Å²) in [6, 6.07) is 10.1. The van der Waals surface area contributed by atoms with Crippen LogP contribution < -0.4 is 10.9 Å². The zero-order valence-corrected chi connectivity index (χ0v) is 18.2. The average Bonchev–Trinajstić information content (AvgIpc) is 3.30. The maximum atomic E-state index is 13.1. The van der Waals surface area contributed by atoms with E-state index in [1.54, 1.807) is 15.9 Å². The van der Waals surface area contributed by atoms with Crippen LogP contribution in [0, 0.1) is 0 Å². The van der Waals surface area contributed by atoms with Gasteiger partial charge in [-0.05, 0) is 43.2 Å². The predicted molar refractivity (Wildman–Crippen MR) is 120 cm³/mol. The number of carbonyl (C=O) groups is 1. The van der Waals surface area contributed by atoms with E-state index in [1.165, 1.54) is 27.8 Å². The molecule has 0 saturated carbocycles. The van der Waals surface area contributed by atoms with Crippen LogP contribution in [0.1, 0.15) is 35.8 Å². The number of nitrogens with zero attached hydrogens (tertiary/aromatic N) is 2. The van der Waals surface area contributed by atoms with E-state index in [4.69, 9.17) is 4.98 Å². The molecule has 0 unspecified atom stereocenters. The van der Waals surface area contributed by atoms with Crippen molar-refractivity contribution in [2.75, 3.05) is 12.3 Å². The van der Waals surface area contributed by atoms with Crippen molar-refractivity contribution < 1.29 is 4.79 Å². The number of hydrogen-bond donors (Lipinski definition) is 1. The summed E-state index contributed by atoms with van der Waals surface area (Å²) < 4.78 is 1.76. The topological polar surface area (TPSA) is 64.0 Å². The minimum atomic E-state index is -0.0306. The summed E-state index contributed by atoms with van der Waals surface area (Å²) >= 11 is 3.01. The molecule has 2 heterocycles. The molecule has 0 radical (unpaired) electrons. The van der Waals surface area contributed by atoms with Gasteiger partial charge in [0.1, 0.15) is 4.83 Å². The van der Waals surface area contributed by atoms with Gasteiger partial charge in [-0.25, -0.2) is 4.98 Å². The molecular formula is C22H25N3O2S2. The Morgan fingerprint density at radius 1 is 1.28 bits per heavy atom. The number of thiophene rings is 1. The second kappa shape index (κ2) is 9.13. The van der Waals surface area contributed by atoms with E-state index in [-0.39, 0.29) is 17.2 Å². The first-order valence-corrected chi connectivity index (χ1v) is 12.0. The van der Waals surface area contributed by atoms with Gasteiger partial charge in [-0.3, -0.25) is 14.2 Å². The lowest BCUT2D eigenvalue weighted by Gasteiger charge is -2.11. The largest absolute Gasteiger partial charge is 0.355 e. The van der Waals surface area contributed by atoms with E-state index in [1.807, 2.05) is 18.2 Å². The van der Waals surface area contributed by atoms with Gasteiger partial charge in [-0.15, -0.1) is 11.3 Å². The molecule has 3 aromatic rings. The van der Waals surface area contributed by atoms with E-state index in [2.05, 4.69) is 24.4 Å². The lowest BCUT2D eigenvalue weighted by Crippen LogP contribution is -2.28. The predicted octanol–water partition coefficient (Wildman–Crippen LogP) is 3.81. The number of aryl methyl sites for hydroxylation is 2. The van der Waals surface area contributed by atoms with Gasteiger partial charge in [0, 0.05) is 18.0 Å². The number of benzene rings is 1. The smallest absolute Gasteiger partial charge is 0.263 e. The number of hydrogen-bond acceptors (Lipinski definition) is 5. The second-order valence-electron chi connectivity index (χ2n) is 7.26. The van der Waals surface area contributed by atoms with Crippen LogP contribution in [0.25, 0.3) is 10.2 Å². The molecule has 4 rings (SSSR count). The SMILES string of the molecule is CCCn1c(SCC(=O)NCCc2ccccc2)nc2sc3c(c2c1=O)CCC3. The fourth-order valence-corrected chi connectivity index (χ4v) is 5.92. The molecule has 5 nitrogen and oxygen atoms in total. The molecule has 0 saturated heterocycles. The average molecular weight is 428 g/mol. The van der Waals surface area contributed by atoms with Crippen molar-refractivity contribution in [1.29, 1.82) is 0 Å². The van der Waals surface area contributed by atoms with E-state index < -0.39 is 0 Å². The molecule has 1 aliphatic rings. The van der Waals surface area contributed by atoms with Gasteiger partial charge in [0.15, 0.2) is 5.16 Å². The fraction of sp³-hybridized carbons (Fsp3) is 0.409. The molecule has 0 bridgehead atoms. The van der Waals surface area contributed by atoms with E-state index >= 15 is 0 Å². The first kappa shape index (κ1) is 20.2. The van der Waals surface area contributed by atoms with Crippen LogP contribution in [-0.4, -0.2) is 27.8 Å². The second-order valence-corrected chi connectivity index (χ2v) is 9.29. The van der Waals surface area contributed by atoms with Crippen molar-refractivity contribution >= 4 is 39.2 Å². The van der Waals surface area contributed by atoms with E-state index in [0.29, 0.717) is 18.2 Å². The van der Waals surface area contributed by atoms with Crippen molar-refractivity contribution in [3.8, 4) is 0 Å². The molecule has 0 atom stereocenters. The normalized spacial score (nSPS) is 13.0. The zero-order chi connectivity index (χ0) is 20.2. The third kappa shape index (κ3) is 4.41. The van der Waals surface area contributed by atoms with Crippen LogP contribution in [0.2, 0.25) is 0 Å². The third-order valence-corrected chi connectivity index (χ3v) is 7.31. The van der Waals surface area contributed by atoms with Crippen molar-refractivity contribution in [2.45, 2.75) is 50.7 Å². The first-order valence-electron chi connectivity index (χ1n) is 10.2. The summed E-state index contributed by atoms with van der Waals surface area (Å²) in [5, 5.41) is 4.43. The van der Waals surface area contributed by atoms with Crippen LogP contribution in [0.5, 0.6) is 0 Å². The van der Waals surface area contributed by atoms with Crippen LogP contribution in [-0.2, 0) is 30.6 Å². The van der Waals surface area contributed by atoms with Gasteiger partial charge in [-0.2, -0.15) is 0 Å². The number of thioether (sulfide) groups is 1. The van der Waals surface area contributed by atoms with Crippen molar-refractivity contribution in [3.05, 3.63) is 56.7 Å². The van der Waals surface area contributed by atoms with Gasteiger partial charge in [0.05, 0.1) is 11.1 Å². The molecule has 7 heteroatoms. The highest BCUT2D eigenvalue weighted by Crippen LogP contribution is 2.35. The molecule has 1 aliphatic carbocycles. The number of nitrogens with one attached hydrogen (secondary N) is 1. The Bertz CT molecular complexity index is 1070. The Hall–Kier alpha value is -2.12. The highest BCUT2D eigenvalue weighted by atomic mass is 32.2. The Morgan fingerprint density at radius 3 is 2.90 bits per heavy atom. The van der Waals surface area contributed by atoms with Crippen molar-refractivity contribution in [1.82, 2.24) is 14.9 Å². The van der Waals surface area contributed by atoms with E-state index in [9.17, 15) is 9.59 Å². The fourth-order valence-electron chi connectivity index (χ4n) is 3.76. The first-order chi connectivity index (χ1) is 14.2. The number of rotatable bonds is 8. The monoisotopic (exact) mass is 427 g/mol. The maximum absolute atomic E-state index is 13.1. The van der Waals surface area contributed by atoms with Crippen LogP contribution in [0.3, 0.4) is 0 Å². The molecule has 2 aromatic heterocycles. The summed E-state index contributed by atoms with van der Waals surface area (Å²) in [6.07, 6.45) is 4.83. The molecule has 0 fully saturated rings. The summed E-state index contributed by atoms with van der Waals surface area (Å²) in [4.78, 5) is 32.4. The third-order valence-electron chi connectivity index (χ3n) is 5.15. The highest BCUT2D eigenvalue weighted by Gasteiger charge is 2.23. The highest BCUT2D eigenvalue weighted by molar-refractivity contribution is 7.99. The van der Waals surface area contributed by atoms with Gasteiger partial charge in [0.25, 0.3) is 5.56 Å². The number of fused-ring (bicyclic) bond motifs is 3. The Morgan fingerprint density at radius 2 is 2.10 bits per heavy atom. The van der Waals surface area contributed by atoms with Crippen LogP contribution in [0.15, 0.2) is 40.3 Å². The molecule has 1 aromatic carbocycles. The minimum absolute atomic E-state index is 0.0306. The quantitative estimate of drug-likeness (QED) is 0.439. The van der Waals surface area contributed by atoms with Gasteiger partial charge in [0.2, 0.25) is 5.91 Å². The molecule has 1 amide bonds. The van der Waals surface area contributed by atoms with E-state index in [0.717, 1.165) is 42.3 Å². The molecule has 0 aliphatic heterocycles. The standard InChI is InChI=1S/C22H25N3O2S2/c1-2-13-25-21(27)19-16-9-6-10-17(16)29-20(19)24-22(25)28-14-18(26)23-12-11-15-7-4-3-5-8-15/h3-5,7-8H,2,6,9-14H2,1H3,(H,23,26). The molecular weight excluding hydrogens is 402 g/mol. The van der Waals surface area contributed by atoms with Crippen LogP contribution in [0.4, 0.5) is 0 Å². The number of carbonyl (C=O) groups excluding carboxylic acids is 1. The Labute approximate surface area is 178 Å². The molecule has 152 valence electrons. The Kier molecular flexibility index (Phi) is 6.35. The van der Waals surface area contributed by atoms with Crippen LogP contribution >= 0.6 is 23.1 Å². The number of amides is 1. The summed E-state index contributed by atoms with van der Waals surface area (Å²) in [7, 11) is 0.